The molecule has 1 atom stereocenters. The van der Waals surface area contributed by atoms with Gasteiger partial charge in [0.15, 0.2) is 0 Å². The molecule has 200 valence electrons. The zero-order chi connectivity index (χ0) is 27.6. The summed E-state index contributed by atoms with van der Waals surface area (Å²) in [7, 11) is 4.76. The number of hydrogen-bond acceptors (Lipinski definition) is 5. The Kier molecular flexibility index (Phi) is 9.19. The first-order valence-corrected chi connectivity index (χ1v) is 12.6. The van der Waals surface area contributed by atoms with Crippen LogP contribution in [0.3, 0.4) is 0 Å². The molecule has 4 aromatic rings. The van der Waals surface area contributed by atoms with Crippen LogP contribution in [0.5, 0.6) is 17.2 Å². The number of nitrogens with zero attached hydrogens (tertiary/aromatic N) is 1. The molecule has 0 saturated carbocycles. The van der Waals surface area contributed by atoms with Crippen LogP contribution in [0.4, 0.5) is 5.69 Å². The standard InChI is InChI=1S/C32H32N2O5/c1-37-27-16-12-24(13-17-27)22-34(30(35)20-23-8-5-4-6-9-23)31(25-10-7-11-29(21-25)39-3)32(36)33-26-14-18-28(38-2)19-15-26/h4-19,21,31H,20,22H2,1-3H3,(H,33,36). The lowest BCUT2D eigenvalue weighted by molar-refractivity contribution is -0.139. The predicted octanol–water partition coefficient (Wildman–Crippen LogP) is 5.66. The van der Waals surface area contributed by atoms with Gasteiger partial charge in [-0.25, -0.2) is 0 Å². The summed E-state index contributed by atoms with van der Waals surface area (Å²) in [5, 5.41) is 2.98. The molecule has 39 heavy (non-hydrogen) atoms. The van der Waals surface area contributed by atoms with Crippen LogP contribution in [0.15, 0.2) is 103 Å². The number of nitrogens with one attached hydrogen (secondary N) is 1. The van der Waals surface area contributed by atoms with Gasteiger partial charge in [0.2, 0.25) is 5.91 Å². The van der Waals surface area contributed by atoms with Crippen molar-refractivity contribution in [3.63, 3.8) is 0 Å². The number of benzene rings is 4. The minimum absolute atomic E-state index is 0.146. The van der Waals surface area contributed by atoms with E-state index in [2.05, 4.69) is 5.32 Å². The summed E-state index contributed by atoms with van der Waals surface area (Å²) in [5.74, 6) is 1.45. The fourth-order valence-electron chi connectivity index (χ4n) is 4.29. The Morgan fingerprint density at radius 2 is 1.31 bits per heavy atom. The van der Waals surface area contributed by atoms with Crippen LogP contribution in [-0.4, -0.2) is 38.0 Å². The normalized spacial score (nSPS) is 11.3. The maximum Gasteiger partial charge on any atom is 0.251 e. The van der Waals surface area contributed by atoms with E-state index in [0.717, 1.165) is 11.1 Å². The number of hydrogen-bond donors (Lipinski definition) is 1. The zero-order valence-corrected chi connectivity index (χ0v) is 22.3. The Morgan fingerprint density at radius 1 is 0.692 bits per heavy atom. The van der Waals surface area contributed by atoms with Crippen molar-refractivity contribution in [2.24, 2.45) is 0 Å². The topological polar surface area (TPSA) is 77.1 Å². The average molecular weight is 525 g/mol. The summed E-state index contributed by atoms with van der Waals surface area (Å²) in [4.78, 5) is 29.5. The molecule has 1 N–H and O–H groups in total. The van der Waals surface area contributed by atoms with E-state index < -0.39 is 6.04 Å². The molecule has 0 saturated heterocycles. The summed E-state index contributed by atoms with van der Waals surface area (Å²) in [5.41, 5.74) is 2.95. The molecular formula is C32H32N2O5. The largest absolute Gasteiger partial charge is 0.497 e. The molecule has 0 spiro atoms. The quantitative estimate of drug-likeness (QED) is 0.274. The second-order valence-electron chi connectivity index (χ2n) is 8.93. The van der Waals surface area contributed by atoms with Crippen LogP contribution in [-0.2, 0) is 22.6 Å². The van der Waals surface area contributed by atoms with Crippen molar-refractivity contribution in [2.45, 2.75) is 19.0 Å². The van der Waals surface area contributed by atoms with Crippen molar-refractivity contribution < 1.29 is 23.8 Å². The van der Waals surface area contributed by atoms with E-state index in [-0.39, 0.29) is 24.8 Å². The lowest BCUT2D eigenvalue weighted by Crippen LogP contribution is -2.41. The van der Waals surface area contributed by atoms with Crippen molar-refractivity contribution >= 4 is 17.5 Å². The number of ether oxygens (including phenoxy) is 3. The van der Waals surface area contributed by atoms with Gasteiger partial charge in [-0.05, 0) is 65.2 Å². The van der Waals surface area contributed by atoms with Crippen molar-refractivity contribution in [2.75, 3.05) is 26.6 Å². The van der Waals surface area contributed by atoms with E-state index in [1.807, 2.05) is 72.8 Å². The first kappa shape index (κ1) is 27.3. The number of amides is 2. The van der Waals surface area contributed by atoms with Crippen molar-refractivity contribution in [1.29, 1.82) is 0 Å². The predicted molar refractivity (Wildman–Crippen MR) is 151 cm³/mol. The lowest BCUT2D eigenvalue weighted by atomic mass is 10.0. The molecule has 0 fully saturated rings. The second kappa shape index (κ2) is 13.1. The molecule has 7 heteroatoms. The molecular weight excluding hydrogens is 492 g/mol. The number of carbonyl (C=O) groups is 2. The summed E-state index contributed by atoms with van der Waals surface area (Å²) in [6.07, 6.45) is 0.146. The number of rotatable bonds is 11. The van der Waals surface area contributed by atoms with Gasteiger partial charge in [0.05, 0.1) is 27.8 Å². The van der Waals surface area contributed by atoms with Gasteiger partial charge in [-0.2, -0.15) is 0 Å². The van der Waals surface area contributed by atoms with Gasteiger partial charge in [-0.1, -0.05) is 54.6 Å². The number of methoxy groups -OCH3 is 3. The Labute approximate surface area is 228 Å². The highest BCUT2D eigenvalue weighted by atomic mass is 16.5. The third-order valence-electron chi connectivity index (χ3n) is 6.36. The van der Waals surface area contributed by atoms with Crippen LogP contribution < -0.4 is 19.5 Å². The third-order valence-corrected chi connectivity index (χ3v) is 6.36. The monoisotopic (exact) mass is 524 g/mol. The Morgan fingerprint density at radius 3 is 1.92 bits per heavy atom. The van der Waals surface area contributed by atoms with E-state index in [9.17, 15) is 9.59 Å². The summed E-state index contributed by atoms with van der Waals surface area (Å²) >= 11 is 0. The molecule has 1 unspecified atom stereocenters. The third kappa shape index (κ3) is 7.17. The van der Waals surface area contributed by atoms with Crippen LogP contribution in [0.2, 0.25) is 0 Å². The molecule has 0 aliphatic heterocycles. The molecule has 0 aromatic heterocycles. The van der Waals surface area contributed by atoms with Gasteiger partial charge < -0.3 is 24.4 Å². The van der Waals surface area contributed by atoms with E-state index in [4.69, 9.17) is 14.2 Å². The molecule has 0 aliphatic carbocycles. The zero-order valence-electron chi connectivity index (χ0n) is 22.3. The number of carbonyl (C=O) groups excluding carboxylic acids is 2. The van der Waals surface area contributed by atoms with Gasteiger partial charge in [-0.15, -0.1) is 0 Å². The Bertz CT molecular complexity index is 1370. The molecule has 0 heterocycles. The SMILES string of the molecule is COc1ccc(CN(C(=O)Cc2ccccc2)C(C(=O)Nc2ccc(OC)cc2)c2cccc(OC)c2)cc1. The van der Waals surface area contributed by atoms with Crippen molar-refractivity contribution in [3.05, 3.63) is 120 Å². The average Bonchev–Trinajstić information content (AvgIpc) is 2.98. The fourth-order valence-corrected chi connectivity index (χ4v) is 4.29. The minimum Gasteiger partial charge on any atom is -0.497 e. The second-order valence-corrected chi connectivity index (χ2v) is 8.93. The summed E-state index contributed by atoms with van der Waals surface area (Å²) in [6.45, 7) is 0.216. The van der Waals surface area contributed by atoms with Crippen LogP contribution in [0.25, 0.3) is 0 Å². The molecule has 0 radical (unpaired) electrons. The molecule has 2 amide bonds. The first-order valence-electron chi connectivity index (χ1n) is 12.6. The van der Waals surface area contributed by atoms with Gasteiger partial charge in [-0.3, -0.25) is 9.59 Å². The van der Waals surface area contributed by atoms with Crippen LogP contribution in [0.1, 0.15) is 22.7 Å². The maximum absolute atomic E-state index is 14.0. The van der Waals surface area contributed by atoms with Crippen LogP contribution in [0, 0.1) is 0 Å². The van der Waals surface area contributed by atoms with E-state index in [0.29, 0.717) is 28.5 Å². The van der Waals surface area contributed by atoms with Gasteiger partial charge >= 0.3 is 0 Å². The summed E-state index contributed by atoms with van der Waals surface area (Å²) < 4.78 is 16.0. The van der Waals surface area contributed by atoms with E-state index in [1.165, 1.54) is 0 Å². The van der Waals surface area contributed by atoms with E-state index >= 15 is 0 Å². The molecule has 4 aromatic carbocycles. The summed E-state index contributed by atoms with van der Waals surface area (Å²) in [6, 6.07) is 30.4. The molecule has 0 aliphatic rings. The first-order chi connectivity index (χ1) is 19.0. The highest BCUT2D eigenvalue weighted by molar-refractivity contribution is 5.98. The molecule has 0 bridgehead atoms. The molecule has 7 nitrogen and oxygen atoms in total. The van der Waals surface area contributed by atoms with Gasteiger partial charge in [0.1, 0.15) is 23.3 Å². The fraction of sp³-hybridized carbons (Fsp3) is 0.188. The minimum atomic E-state index is -0.930. The smallest absolute Gasteiger partial charge is 0.251 e. The van der Waals surface area contributed by atoms with E-state index in [1.54, 1.807) is 56.6 Å². The highest BCUT2D eigenvalue weighted by Gasteiger charge is 2.32. The van der Waals surface area contributed by atoms with Gasteiger partial charge in [0.25, 0.3) is 5.91 Å². The Balaban J connectivity index is 1.74. The number of anilines is 1. The Hall–Kier alpha value is -4.78. The highest BCUT2D eigenvalue weighted by Crippen LogP contribution is 2.29. The van der Waals surface area contributed by atoms with Gasteiger partial charge in [0, 0.05) is 12.2 Å². The molecule has 4 rings (SSSR count). The van der Waals surface area contributed by atoms with Crippen LogP contribution >= 0.6 is 0 Å². The van der Waals surface area contributed by atoms with Crippen molar-refractivity contribution in [1.82, 2.24) is 4.90 Å². The maximum atomic E-state index is 14.0. The lowest BCUT2D eigenvalue weighted by Gasteiger charge is -2.32. The van der Waals surface area contributed by atoms with Crippen molar-refractivity contribution in [3.8, 4) is 17.2 Å².